The van der Waals surface area contributed by atoms with E-state index >= 15 is 0 Å². The molecule has 1 aliphatic rings. The lowest BCUT2D eigenvalue weighted by atomic mass is 9.97. The third kappa shape index (κ3) is 3.16. The minimum atomic E-state index is 0.379. The molecule has 3 aromatic rings. The summed E-state index contributed by atoms with van der Waals surface area (Å²) < 4.78 is 5.40. The van der Waals surface area contributed by atoms with Gasteiger partial charge in [0.1, 0.15) is 5.82 Å². The third-order valence-corrected chi connectivity index (χ3v) is 4.52. The molecule has 1 aromatic carbocycles. The zero-order valence-corrected chi connectivity index (χ0v) is 14.3. The van der Waals surface area contributed by atoms with Crippen molar-refractivity contribution >= 4 is 17.2 Å². The van der Waals surface area contributed by atoms with Crippen LogP contribution in [0.3, 0.4) is 0 Å². The predicted molar refractivity (Wildman–Crippen MR) is 102 cm³/mol. The van der Waals surface area contributed by atoms with E-state index in [1.54, 1.807) is 12.4 Å². The van der Waals surface area contributed by atoms with Crippen LogP contribution in [-0.2, 0) is 4.74 Å². The van der Waals surface area contributed by atoms with Gasteiger partial charge >= 0.3 is 0 Å². The Morgan fingerprint density at radius 3 is 2.77 bits per heavy atom. The summed E-state index contributed by atoms with van der Waals surface area (Å²) in [4.78, 5) is 6.62. The molecular formula is C19H20N6O. The number of pyridine rings is 1. The zero-order valence-electron chi connectivity index (χ0n) is 14.3. The van der Waals surface area contributed by atoms with Crippen molar-refractivity contribution in [2.75, 3.05) is 36.9 Å². The molecule has 7 nitrogen and oxygen atoms in total. The fourth-order valence-corrected chi connectivity index (χ4v) is 3.06. The molecule has 2 aromatic heterocycles. The second kappa shape index (κ2) is 6.97. The standard InChI is InChI=1S/C19H20N6O/c20-17-2-1-13(15-11-23-24-12-15)9-16(17)19(21)14-3-4-22-18(10-14)25-5-7-26-8-6-25/h1-4,9-12,21H,5-8,20H2,(H,23,24). The first-order valence-electron chi connectivity index (χ1n) is 8.49. The molecule has 132 valence electrons. The van der Waals surface area contributed by atoms with Gasteiger partial charge in [-0.2, -0.15) is 5.10 Å². The fourth-order valence-electron chi connectivity index (χ4n) is 3.06. The number of ether oxygens (including phenoxy) is 1. The van der Waals surface area contributed by atoms with Crippen molar-refractivity contribution in [1.29, 1.82) is 5.41 Å². The highest BCUT2D eigenvalue weighted by molar-refractivity contribution is 6.14. The Morgan fingerprint density at radius 2 is 2.00 bits per heavy atom. The second-order valence-corrected chi connectivity index (χ2v) is 6.17. The van der Waals surface area contributed by atoms with E-state index in [0.717, 1.165) is 35.6 Å². The summed E-state index contributed by atoms with van der Waals surface area (Å²) in [6.45, 7) is 3.01. The lowest BCUT2D eigenvalue weighted by Gasteiger charge is -2.28. The maximum atomic E-state index is 8.67. The van der Waals surface area contributed by atoms with Gasteiger partial charge in [-0.15, -0.1) is 0 Å². The van der Waals surface area contributed by atoms with Gasteiger partial charge in [0, 0.05) is 47.9 Å². The average Bonchev–Trinajstić information content (AvgIpc) is 3.23. The molecule has 0 radical (unpaired) electrons. The normalized spacial score (nSPS) is 14.4. The van der Waals surface area contributed by atoms with E-state index < -0.39 is 0 Å². The van der Waals surface area contributed by atoms with Crippen LogP contribution in [0.15, 0.2) is 48.9 Å². The molecule has 0 saturated carbocycles. The molecule has 4 rings (SSSR count). The topological polar surface area (TPSA) is 104 Å². The summed E-state index contributed by atoms with van der Waals surface area (Å²) >= 11 is 0. The number of hydrogen-bond donors (Lipinski definition) is 3. The van der Waals surface area contributed by atoms with E-state index in [9.17, 15) is 0 Å². The van der Waals surface area contributed by atoms with Gasteiger partial charge in [0.15, 0.2) is 0 Å². The van der Waals surface area contributed by atoms with Gasteiger partial charge in [-0.3, -0.25) is 10.5 Å². The van der Waals surface area contributed by atoms with Crippen molar-refractivity contribution in [2.45, 2.75) is 0 Å². The highest BCUT2D eigenvalue weighted by atomic mass is 16.5. The summed E-state index contributed by atoms with van der Waals surface area (Å²) in [6, 6.07) is 9.48. The number of rotatable bonds is 4. The number of hydrogen-bond acceptors (Lipinski definition) is 6. The predicted octanol–water partition coefficient (Wildman–Crippen LogP) is 2.31. The average molecular weight is 348 g/mol. The van der Waals surface area contributed by atoms with Crippen LogP contribution in [0.2, 0.25) is 0 Å². The quantitative estimate of drug-likeness (QED) is 0.496. The van der Waals surface area contributed by atoms with Crippen molar-refractivity contribution in [2.24, 2.45) is 0 Å². The number of aromatic nitrogens is 3. The van der Waals surface area contributed by atoms with Crippen LogP contribution in [0.1, 0.15) is 11.1 Å². The van der Waals surface area contributed by atoms with Gasteiger partial charge in [-0.1, -0.05) is 6.07 Å². The number of nitrogens with two attached hydrogens (primary N) is 1. The highest BCUT2D eigenvalue weighted by Gasteiger charge is 2.15. The van der Waals surface area contributed by atoms with Crippen LogP contribution in [-0.4, -0.2) is 47.2 Å². The Balaban J connectivity index is 1.66. The number of nitrogen functional groups attached to an aromatic ring is 1. The van der Waals surface area contributed by atoms with Crippen molar-refractivity contribution < 1.29 is 4.74 Å². The van der Waals surface area contributed by atoms with Gasteiger partial charge in [-0.25, -0.2) is 4.98 Å². The number of H-pyrrole nitrogens is 1. The maximum Gasteiger partial charge on any atom is 0.129 e. The van der Waals surface area contributed by atoms with Gasteiger partial charge in [0.25, 0.3) is 0 Å². The van der Waals surface area contributed by atoms with Gasteiger partial charge in [0.2, 0.25) is 0 Å². The summed E-state index contributed by atoms with van der Waals surface area (Å²) in [7, 11) is 0. The molecule has 3 heterocycles. The van der Waals surface area contributed by atoms with Crippen molar-refractivity contribution in [1.82, 2.24) is 15.2 Å². The minimum absolute atomic E-state index is 0.379. The molecule has 0 amide bonds. The summed E-state index contributed by atoms with van der Waals surface area (Å²) in [5.41, 5.74) is 10.5. The fraction of sp³-hybridized carbons (Fsp3) is 0.211. The van der Waals surface area contributed by atoms with Crippen molar-refractivity contribution in [3.63, 3.8) is 0 Å². The number of anilines is 2. The van der Waals surface area contributed by atoms with Gasteiger partial charge in [0.05, 0.1) is 25.1 Å². The lowest BCUT2D eigenvalue weighted by molar-refractivity contribution is 0.122. The molecule has 0 atom stereocenters. The Bertz CT molecular complexity index is 916. The first-order valence-corrected chi connectivity index (χ1v) is 8.49. The third-order valence-electron chi connectivity index (χ3n) is 4.52. The SMILES string of the molecule is N=C(c1ccnc(N2CCOCC2)c1)c1cc(-c2cn[nH]c2)ccc1N. The Labute approximate surface area is 151 Å². The van der Waals surface area contributed by atoms with Crippen LogP contribution >= 0.6 is 0 Å². The number of nitrogens with one attached hydrogen (secondary N) is 2. The molecule has 26 heavy (non-hydrogen) atoms. The van der Waals surface area contributed by atoms with Gasteiger partial charge in [-0.05, 0) is 29.8 Å². The zero-order chi connectivity index (χ0) is 17.9. The molecular weight excluding hydrogens is 328 g/mol. The van der Waals surface area contributed by atoms with E-state index in [1.165, 1.54) is 0 Å². The molecule has 0 unspecified atom stereocenters. The smallest absolute Gasteiger partial charge is 0.129 e. The summed E-state index contributed by atoms with van der Waals surface area (Å²) in [6.07, 6.45) is 5.31. The molecule has 4 N–H and O–H groups in total. The monoisotopic (exact) mass is 348 g/mol. The minimum Gasteiger partial charge on any atom is -0.398 e. The summed E-state index contributed by atoms with van der Waals surface area (Å²) in [5.74, 6) is 0.861. The largest absolute Gasteiger partial charge is 0.398 e. The Kier molecular flexibility index (Phi) is 4.37. The molecule has 7 heteroatoms. The molecule has 0 spiro atoms. The lowest BCUT2D eigenvalue weighted by Crippen LogP contribution is -2.36. The number of morpholine rings is 1. The Morgan fingerprint density at radius 1 is 1.15 bits per heavy atom. The first kappa shape index (κ1) is 16.3. The molecule has 1 fully saturated rings. The van der Waals surface area contributed by atoms with Crippen molar-refractivity contribution in [3.8, 4) is 11.1 Å². The number of benzene rings is 1. The first-order chi connectivity index (χ1) is 12.7. The van der Waals surface area contributed by atoms with E-state index in [4.69, 9.17) is 15.9 Å². The molecule has 0 bridgehead atoms. The Hall–Kier alpha value is -3.19. The molecule has 1 aliphatic heterocycles. The number of nitrogens with zero attached hydrogens (tertiary/aromatic N) is 3. The van der Waals surface area contributed by atoms with E-state index in [0.29, 0.717) is 30.2 Å². The van der Waals surface area contributed by atoms with Crippen LogP contribution < -0.4 is 10.6 Å². The van der Waals surface area contributed by atoms with Crippen molar-refractivity contribution in [3.05, 3.63) is 60.0 Å². The van der Waals surface area contributed by atoms with Crippen LogP contribution in [0.5, 0.6) is 0 Å². The van der Waals surface area contributed by atoms with Crippen LogP contribution in [0, 0.1) is 5.41 Å². The number of aromatic amines is 1. The summed E-state index contributed by atoms with van der Waals surface area (Å²) in [5, 5.41) is 15.5. The van der Waals surface area contributed by atoms with E-state index in [1.807, 2.05) is 36.5 Å². The van der Waals surface area contributed by atoms with E-state index in [2.05, 4.69) is 20.1 Å². The molecule has 0 aliphatic carbocycles. The van der Waals surface area contributed by atoms with Crippen LogP contribution in [0.4, 0.5) is 11.5 Å². The van der Waals surface area contributed by atoms with Crippen LogP contribution in [0.25, 0.3) is 11.1 Å². The molecule has 1 saturated heterocycles. The second-order valence-electron chi connectivity index (χ2n) is 6.17. The maximum absolute atomic E-state index is 8.67. The highest BCUT2D eigenvalue weighted by Crippen LogP contribution is 2.26. The van der Waals surface area contributed by atoms with E-state index in [-0.39, 0.29) is 0 Å². The van der Waals surface area contributed by atoms with Gasteiger partial charge < -0.3 is 15.4 Å².